The standard InChI is InChI=1S/C33H33FN2O4/c1-35(22-25-11-4-2-5-12-25)31(37)21-33(24-39-26-13-6-3-7-14-26)19-10-20-36(23-33)32(38)30-18-17-29(40-30)27-15-8-9-16-28(27)34/h2-9,11-18H,10,19-24H2,1H3. The van der Waals surface area contributed by atoms with Crippen molar-refractivity contribution in [1.82, 2.24) is 9.80 Å². The van der Waals surface area contributed by atoms with Gasteiger partial charge in [0.1, 0.15) is 17.3 Å². The highest BCUT2D eigenvalue weighted by Crippen LogP contribution is 2.36. The Kier molecular flexibility index (Phi) is 8.29. The summed E-state index contributed by atoms with van der Waals surface area (Å²) in [5.74, 6) is 0.464. The fourth-order valence-electron chi connectivity index (χ4n) is 5.26. The van der Waals surface area contributed by atoms with Crippen molar-refractivity contribution >= 4 is 11.8 Å². The van der Waals surface area contributed by atoms with Gasteiger partial charge < -0.3 is 19.0 Å². The number of carbonyl (C=O) groups is 2. The van der Waals surface area contributed by atoms with Crippen LogP contribution in [0.5, 0.6) is 5.75 Å². The largest absolute Gasteiger partial charge is 0.493 e. The van der Waals surface area contributed by atoms with Crippen molar-refractivity contribution < 1.29 is 23.1 Å². The van der Waals surface area contributed by atoms with Crippen LogP contribution in [0.15, 0.2) is 101 Å². The molecule has 40 heavy (non-hydrogen) atoms. The van der Waals surface area contributed by atoms with Gasteiger partial charge in [0.2, 0.25) is 5.91 Å². The fourth-order valence-corrected chi connectivity index (χ4v) is 5.26. The van der Waals surface area contributed by atoms with Crippen LogP contribution in [0.25, 0.3) is 11.3 Å². The summed E-state index contributed by atoms with van der Waals surface area (Å²) in [5.41, 5.74) is 0.780. The monoisotopic (exact) mass is 540 g/mol. The van der Waals surface area contributed by atoms with Gasteiger partial charge in [-0.3, -0.25) is 9.59 Å². The van der Waals surface area contributed by atoms with Crippen molar-refractivity contribution in [3.63, 3.8) is 0 Å². The summed E-state index contributed by atoms with van der Waals surface area (Å²) < 4.78 is 26.3. The summed E-state index contributed by atoms with van der Waals surface area (Å²) >= 11 is 0. The number of piperidine rings is 1. The van der Waals surface area contributed by atoms with E-state index in [0.29, 0.717) is 37.6 Å². The molecule has 1 fully saturated rings. The smallest absolute Gasteiger partial charge is 0.289 e. The Bertz CT molecular complexity index is 1440. The van der Waals surface area contributed by atoms with Gasteiger partial charge in [-0.05, 0) is 54.8 Å². The van der Waals surface area contributed by atoms with Crippen LogP contribution >= 0.6 is 0 Å². The highest BCUT2D eigenvalue weighted by molar-refractivity contribution is 5.92. The maximum atomic E-state index is 14.3. The lowest BCUT2D eigenvalue weighted by atomic mass is 9.77. The predicted octanol–water partition coefficient (Wildman–Crippen LogP) is 6.44. The van der Waals surface area contributed by atoms with E-state index in [4.69, 9.17) is 9.15 Å². The molecule has 0 bridgehead atoms. The van der Waals surface area contributed by atoms with Crippen molar-refractivity contribution in [2.75, 3.05) is 26.7 Å². The number of furan rings is 1. The minimum Gasteiger partial charge on any atom is -0.493 e. The zero-order chi connectivity index (χ0) is 28.0. The van der Waals surface area contributed by atoms with Gasteiger partial charge in [-0.25, -0.2) is 4.39 Å². The van der Waals surface area contributed by atoms with Crippen molar-refractivity contribution in [2.45, 2.75) is 25.8 Å². The molecule has 1 unspecified atom stereocenters. The third kappa shape index (κ3) is 6.42. The second-order valence-corrected chi connectivity index (χ2v) is 10.5. The molecule has 3 aromatic carbocycles. The highest BCUT2D eigenvalue weighted by atomic mass is 19.1. The van der Waals surface area contributed by atoms with Crippen LogP contribution in [0.4, 0.5) is 4.39 Å². The molecule has 0 aliphatic carbocycles. The number of rotatable bonds is 9. The molecular weight excluding hydrogens is 507 g/mol. The topological polar surface area (TPSA) is 63.0 Å². The van der Waals surface area contributed by atoms with Crippen molar-refractivity contribution in [2.24, 2.45) is 5.41 Å². The zero-order valence-corrected chi connectivity index (χ0v) is 22.6. The van der Waals surface area contributed by atoms with E-state index >= 15 is 0 Å². The predicted molar refractivity (Wildman–Crippen MR) is 151 cm³/mol. The molecule has 0 saturated carbocycles. The average Bonchev–Trinajstić information content (AvgIpc) is 3.47. The number of nitrogens with zero attached hydrogens (tertiary/aromatic N) is 2. The Labute approximate surface area is 234 Å². The quantitative estimate of drug-likeness (QED) is 0.245. The number of amides is 2. The molecule has 206 valence electrons. The molecule has 5 rings (SSSR count). The Morgan fingerprint density at radius 2 is 1.65 bits per heavy atom. The van der Waals surface area contributed by atoms with E-state index in [1.54, 1.807) is 47.2 Å². The van der Waals surface area contributed by atoms with E-state index in [2.05, 4.69) is 0 Å². The summed E-state index contributed by atoms with van der Waals surface area (Å²) in [7, 11) is 1.81. The first-order valence-electron chi connectivity index (χ1n) is 13.5. The molecular formula is C33H33FN2O4. The van der Waals surface area contributed by atoms with Crippen LogP contribution in [0.3, 0.4) is 0 Å². The third-order valence-electron chi connectivity index (χ3n) is 7.41. The van der Waals surface area contributed by atoms with Crippen LogP contribution in [0, 0.1) is 11.2 Å². The lowest BCUT2D eigenvalue weighted by Crippen LogP contribution is -2.50. The molecule has 0 radical (unpaired) electrons. The number of carbonyl (C=O) groups excluding carboxylic acids is 2. The molecule has 2 amide bonds. The zero-order valence-electron chi connectivity index (χ0n) is 22.6. The molecule has 4 aromatic rings. The van der Waals surface area contributed by atoms with Crippen LogP contribution in [0.2, 0.25) is 0 Å². The minimum atomic E-state index is -0.577. The van der Waals surface area contributed by atoms with E-state index in [9.17, 15) is 14.0 Å². The first-order valence-corrected chi connectivity index (χ1v) is 13.5. The van der Waals surface area contributed by atoms with E-state index in [0.717, 1.165) is 24.2 Å². The van der Waals surface area contributed by atoms with Crippen molar-refractivity contribution in [3.8, 4) is 17.1 Å². The molecule has 1 atom stereocenters. The Balaban J connectivity index is 1.34. The average molecular weight is 541 g/mol. The van der Waals surface area contributed by atoms with E-state index in [1.807, 2.05) is 60.7 Å². The second kappa shape index (κ2) is 12.2. The molecule has 2 heterocycles. The molecule has 1 aliphatic heterocycles. The number of benzene rings is 3. The van der Waals surface area contributed by atoms with Crippen molar-refractivity contribution in [3.05, 3.63) is 114 Å². The Hall–Kier alpha value is -4.39. The Morgan fingerprint density at radius 3 is 2.40 bits per heavy atom. The normalized spacial score (nSPS) is 16.9. The maximum absolute atomic E-state index is 14.3. The van der Waals surface area contributed by atoms with E-state index in [-0.39, 0.29) is 24.0 Å². The van der Waals surface area contributed by atoms with Crippen LogP contribution in [0.1, 0.15) is 35.4 Å². The lowest BCUT2D eigenvalue weighted by Gasteiger charge is -2.42. The molecule has 0 N–H and O–H groups in total. The molecule has 1 aliphatic rings. The molecule has 1 aromatic heterocycles. The first kappa shape index (κ1) is 27.2. The summed E-state index contributed by atoms with van der Waals surface area (Å²) in [4.78, 5) is 30.5. The van der Waals surface area contributed by atoms with Crippen molar-refractivity contribution in [1.29, 1.82) is 0 Å². The summed E-state index contributed by atoms with van der Waals surface area (Å²) in [5, 5.41) is 0. The highest BCUT2D eigenvalue weighted by Gasteiger charge is 2.41. The number of ether oxygens (including phenoxy) is 1. The van der Waals surface area contributed by atoms with Gasteiger partial charge in [-0.2, -0.15) is 0 Å². The van der Waals surface area contributed by atoms with Gasteiger partial charge in [0.15, 0.2) is 5.76 Å². The number of likely N-dealkylation sites (tertiary alicyclic amines) is 1. The molecule has 0 spiro atoms. The first-order chi connectivity index (χ1) is 19.4. The van der Waals surface area contributed by atoms with Gasteiger partial charge in [0.25, 0.3) is 5.91 Å². The second-order valence-electron chi connectivity index (χ2n) is 10.5. The number of halogens is 1. The number of hydrogen-bond donors (Lipinski definition) is 0. The van der Waals surface area contributed by atoms with Crippen LogP contribution < -0.4 is 4.74 Å². The van der Waals surface area contributed by atoms with Gasteiger partial charge in [-0.15, -0.1) is 0 Å². The van der Waals surface area contributed by atoms with Gasteiger partial charge in [0, 0.05) is 38.5 Å². The summed E-state index contributed by atoms with van der Waals surface area (Å²) in [6.07, 6.45) is 1.71. The lowest BCUT2D eigenvalue weighted by molar-refractivity contribution is -0.134. The minimum absolute atomic E-state index is 0.00495. The van der Waals surface area contributed by atoms with Crippen LogP contribution in [-0.4, -0.2) is 48.4 Å². The van der Waals surface area contributed by atoms with Crippen LogP contribution in [-0.2, 0) is 11.3 Å². The van der Waals surface area contributed by atoms with E-state index in [1.165, 1.54) is 6.07 Å². The van der Waals surface area contributed by atoms with Gasteiger partial charge in [-0.1, -0.05) is 60.7 Å². The number of hydrogen-bond acceptors (Lipinski definition) is 4. The molecule has 7 heteroatoms. The maximum Gasteiger partial charge on any atom is 0.289 e. The molecule has 1 saturated heterocycles. The third-order valence-corrected chi connectivity index (χ3v) is 7.41. The fraction of sp³-hybridized carbons (Fsp3) is 0.273. The summed E-state index contributed by atoms with van der Waals surface area (Å²) in [6, 6.07) is 28.9. The summed E-state index contributed by atoms with van der Waals surface area (Å²) in [6.45, 7) is 1.68. The Morgan fingerprint density at radius 1 is 0.950 bits per heavy atom. The SMILES string of the molecule is CN(Cc1ccccc1)C(=O)CC1(COc2ccccc2)CCCN(C(=O)c2ccc(-c3ccccc3F)o2)C1. The van der Waals surface area contributed by atoms with E-state index < -0.39 is 11.2 Å². The van der Waals surface area contributed by atoms with Gasteiger partial charge in [0.05, 0.1) is 12.2 Å². The van der Waals surface area contributed by atoms with Gasteiger partial charge >= 0.3 is 0 Å². The molecule has 6 nitrogen and oxygen atoms in total. The number of para-hydroxylation sites is 1.